The molecule has 19 heavy (non-hydrogen) atoms. The van der Waals surface area contributed by atoms with E-state index in [1.165, 1.54) is 0 Å². The summed E-state index contributed by atoms with van der Waals surface area (Å²) >= 11 is 0. The first-order valence-corrected chi connectivity index (χ1v) is 6.57. The number of rotatable bonds is 4. The Morgan fingerprint density at radius 1 is 1.37 bits per heavy atom. The van der Waals surface area contributed by atoms with Crippen molar-refractivity contribution in [1.82, 2.24) is 15.2 Å². The molecule has 0 aliphatic carbocycles. The van der Waals surface area contributed by atoms with E-state index in [4.69, 9.17) is 4.74 Å². The van der Waals surface area contributed by atoms with E-state index in [-0.39, 0.29) is 11.4 Å². The maximum atomic E-state index is 12.1. The summed E-state index contributed by atoms with van der Waals surface area (Å²) in [6, 6.07) is 3.45. The standard InChI is InChI=1S/C14H21N3O2/c1-17(2)14(5-9-19-10-6-14)11-16-13(18)12-3-7-15-8-4-12/h3-4,7-8H,5-6,9-11H2,1-2H3,(H,16,18). The zero-order valence-electron chi connectivity index (χ0n) is 11.6. The van der Waals surface area contributed by atoms with E-state index in [0.29, 0.717) is 12.1 Å². The molecule has 0 saturated carbocycles. The molecular formula is C14H21N3O2. The Kier molecular flexibility index (Phi) is 4.50. The molecule has 1 saturated heterocycles. The molecule has 2 heterocycles. The maximum absolute atomic E-state index is 12.1. The summed E-state index contributed by atoms with van der Waals surface area (Å²) in [5.74, 6) is -0.0462. The fourth-order valence-electron chi connectivity index (χ4n) is 2.38. The minimum atomic E-state index is -0.0462. The molecular weight excluding hydrogens is 242 g/mol. The summed E-state index contributed by atoms with van der Waals surface area (Å²) in [7, 11) is 4.12. The van der Waals surface area contributed by atoms with Gasteiger partial charge >= 0.3 is 0 Å². The minimum Gasteiger partial charge on any atom is -0.381 e. The van der Waals surface area contributed by atoms with Gasteiger partial charge in [0.2, 0.25) is 0 Å². The molecule has 104 valence electrons. The van der Waals surface area contributed by atoms with E-state index in [2.05, 4.69) is 29.3 Å². The number of ether oxygens (including phenoxy) is 1. The summed E-state index contributed by atoms with van der Waals surface area (Å²) in [4.78, 5) is 18.2. The van der Waals surface area contributed by atoms with Crippen LogP contribution in [-0.2, 0) is 4.74 Å². The van der Waals surface area contributed by atoms with Crippen LogP contribution in [0.25, 0.3) is 0 Å². The fourth-order valence-corrected chi connectivity index (χ4v) is 2.38. The largest absolute Gasteiger partial charge is 0.381 e. The zero-order valence-corrected chi connectivity index (χ0v) is 11.6. The third-order valence-corrected chi connectivity index (χ3v) is 3.89. The predicted molar refractivity (Wildman–Crippen MR) is 73.0 cm³/mol. The molecule has 0 spiro atoms. The van der Waals surface area contributed by atoms with Crippen molar-refractivity contribution in [3.8, 4) is 0 Å². The van der Waals surface area contributed by atoms with Crippen LogP contribution in [0.15, 0.2) is 24.5 Å². The maximum Gasteiger partial charge on any atom is 0.251 e. The number of hydrogen-bond acceptors (Lipinski definition) is 4. The Morgan fingerprint density at radius 2 is 2.00 bits per heavy atom. The van der Waals surface area contributed by atoms with Gasteiger partial charge in [-0.2, -0.15) is 0 Å². The second-order valence-corrected chi connectivity index (χ2v) is 5.15. The highest BCUT2D eigenvalue weighted by Gasteiger charge is 2.35. The Hall–Kier alpha value is -1.46. The Balaban J connectivity index is 1.98. The molecule has 1 aliphatic heterocycles. The average molecular weight is 263 g/mol. The van der Waals surface area contributed by atoms with E-state index in [1.54, 1.807) is 24.5 Å². The molecule has 1 aromatic heterocycles. The van der Waals surface area contributed by atoms with E-state index >= 15 is 0 Å². The van der Waals surface area contributed by atoms with Crippen LogP contribution in [0.2, 0.25) is 0 Å². The number of amides is 1. The normalized spacial score (nSPS) is 18.3. The number of carbonyl (C=O) groups excluding carboxylic acids is 1. The smallest absolute Gasteiger partial charge is 0.251 e. The van der Waals surface area contributed by atoms with Gasteiger partial charge in [-0.25, -0.2) is 0 Å². The highest BCUT2D eigenvalue weighted by molar-refractivity contribution is 5.94. The lowest BCUT2D eigenvalue weighted by Crippen LogP contribution is -2.55. The highest BCUT2D eigenvalue weighted by atomic mass is 16.5. The number of aromatic nitrogens is 1. The number of carbonyl (C=O) groups is 1. The quantitative estimate of drug-likeness (QED) is 0.878. The van der Waals surface area contributed by atoms with Crippen LogP contribution in [0, 0.1) is 0 Å². The second kappa shape index (κ2) is 6.12. The molecule has 0 radical (unpaired) electrons. The van der Waals surface area contributed by atoms with E-state index in [9.17, 15) is 4.79 Å². The highest BCUT2D eigenvalue weighted by Crippen LogP contribution is 2.25. The summed E-state index contributed by atoms with van der Waals surface area (Å²) in [5.41, 5.74) is 0.650. The van der Waals surface area contributed by atoms with Gasteiger partial charge in [-0.15, -0.1) is 0 Å². The summed E-state index contributed by atoms with van der Waals surface area (Å²) in [6.07, 6.45) is 5.14. The summed E-state index contributed by atoms with van der Waals surface area (Å²) in [6.45, 7) is 2.15. The van der Waals surface area contributed by atoms with Gasteiger partial charge in [0, 0.05) is 43.3 Å². The molecule has 1 fully saturated rings. The predicted octanol–water partition coefficient (Wildman–Crippen LogP) is 0.922. The van der Waals surface area contributed by atoms with Crippen LogP contribution in [0.4, 0.5) is 0 Å². The van der Waals surface area contributed by atoms with Crippen molar-refractivity contribution in [3.63, 3.8) is 0 Å². The molecule has 1 amide bonds. The number of likely N-dealkylation sites (N-methyl/N-ethyl adjacent to an activating group) is 1. The van der Waals surface area contributed by atoms with Crippen LogP contribution >= 0.6 is 0 Å². The van der Waals surface area contributed by atoms with Gasteiger partial charge < -0.3 is 15.0 Å². The van der Waals surface area contributed by atoms with Gasteiger partial charge in [-0.3, -0.25) is 9.78 Å². The van der Waals surface area contributed by atoms with Crippen molar-refractivity contribution in [1.29, 1.82) is 0 Å². The zero-order chi connectivity index (χ0) is 13.7. The summed E-state index contributed by atoms with van der Waals surface area (Å²) in [5, 5.41) is 3.03. The van der Waals surface area contributed by atoms with E-state index in [0.717, 1.165) is 26.1 Å². The summed E-state index contributed by atoms with van der Waals surface area (Å²) < 4.78 is 5.42. The van der Waals surface area contributed by atoms with Crippen LogP contribution in [0.5, 0.6) is 0 Å². The number of nitrogens with zero attached hydrogens (tertiary/aromatic N) is 2. The Bertz CT molecular complexity index is 414. The van der Waals surface area contributed by atoms with E-state index < -0.39 is 0 Å². The molecule has 1 aliphatic rings. The molecule has 0 atom stereocenters. The number of nitrogens with one attached hydrogen (secondary N) is 1. The molecule has 0 bridgehead atoms. The Labute approximate surface area is 114 Å². The lowest BCUT2D eigenvalue weighted by Gasteiger charge is -2.42. The van der Waals surface area contributed by atoms with Crippen molar-refractivity contribution in [2.45, 2.75) is 18.4 Å². The van der Waals surface area contributed by atoms with E-state index in [1.807, 2.05) is 0 Å². The van der Waals surface area contributed by atoms with Gasteiger partial charge in [0.05, 0.1) is 0 Å². The molecule has 5 heteroatoms. The van der Waals surface area contributed by atoms with Crippen molar-refractivity contribution >= 4 is 5.91 Å². The van der Waals surface area contributed by atoms with Crippen LogP contribution in [0.3, 0.4) is 0 Å². The molecule has 1 aromatic rings. The van der Waals surface area contributed by atoms with Crippen molar-refractivity contribution in [2.75, 3.05) is 33.9 Å². The lowest BCUT2D eigenvalue weighted by molar-refractivity contribution is -0.00657. The van der Waals surface area contributed by atoms with Gasteiger partial charge in [-0.05, 0) is 39.1 Å². The first-order chi connectivity index (χ1) is 9.14. The third-order valence-electron chi connectivity index (χ3n) is 3.89. The topological polar surface area (TPSA) is 54.5 Å². The molecule has 5 nitrogen and oxygen atoms in total. The molecule has 0 aromatic carbocycles. The van der Waals surface area contributed by atoms with Crippen molar-refractivity contribution in [3.05, 3.63) is 30.1 Å². The van der Waals surface area contributed by atoms with Gasteiger partial charge in [0.25, 0.3) is 5.91 Å². The van der Waals surface area contributed by atoms with Crippen molar-refractivity contribution in [2.24, 2.45) is 0 Å². The lowest BCUT2D eigenvalue weighted by atomic mass is 9.88. The minimum absolute atomic E-state index is 0.000933. The Morgan fingerprint density at radius 3 is 2.58 bits per heavy atom. The first-order valence-electron chi connectivity index (χ1n) is 6.57. The number of hydrogen-bond donors (Lipinski definition) is 1. The number of pyridine rings is 1. The van der Waals surface area contributed by atoms with Gasteiger partial charge in [0.1, 0.15) is 0 Å². The fraction of sp³-hybridized carbons (Fsp3) is 0.571. The average Bonchev–Trinajstić information content (AvgIpc) is 2.46. The second-order valence-electron chi connectivity index (χ2n) is 5.15. The van der Waals surface area contributed by atoms with Crippen molar-refractivity contribution < 1.29 is 9.53 Å². The SMILES string of the molecule is CN(C)C1(CNC(=O)c2ccncc2)CCOCC1. The molecule has 0 unspecified atom stereocenters. The van der Waals surface area contributed by atoms with Crippen LogP contribution < -0.4 is 5.32 Å². The molecule has 2 rings (SSSR count). The van der Waals surface area contributed by atoms with Crippen LogP contribution in [-0.4, -0.2) is 55.2 Å². The monoisotopic (exact) mass is 263 g/mol. The van der Waals surface area contributed by atoms with Gasteiger partial charge in [0.15, 0.2) is 0 Å². The van der Waals surface area contributed by atoms with Gasteiger partial charge in [-0.1, -0.05) is 0 Å². The molecule has 1 N–H and O–H groups in total. The first kappa shape index (κ1) is 14.0. The van der Waals surface area contributed by atoms with Crippen LogP contribution in [0.1, 0.15) is 23.2 Å². The third kappa shape index (κ3) is 3.30.